The summed E-state index contributed by atoms with van der Waals surface area (Å²) < 4.78 is 27.3. The number of sulfone groups is 1. The zero-order chi connectivity index (χ0) is 21.2. The quantitative estimate of drug-likeness (QED) is 0.431. The molecule has 0 saturated carbocycles. The van der Waals surface area contributed by atoms with Gasteiger partial charge in [0.25, 0.3) is 0 Å². The number of benzene rings is 2. The molecule has 11 heteroatoms. The number of aromatic nitrogens is 1. The Morgan fingerprint density at radius 1 is 1.13 bits per heavy atom. The van der Waals surface area contributed by atoms with Gasteiger partial charge in [0, 0.05) is 22.6 Å². The van der Waals surface area contributed by atoms with E-state index in [9.17, 15) is 13.2 Å². The van der Waals surface area contributed by atoms with E-state index in [2.05, 4.69) is 20.9 Å². The average Bonchev–Trinajstić information content (AvgIpc) is 3.04. The summed E-state index contributed by atoms with van der Waals surface area (Å²) in [4.78, 5) is 21.0. The van der Waals surface area contributed by atoms with Crippen LogP contribution in [0.5, 0.6) is 0 Å². The Hall–Kier alpha value is -1.23. The Morgan fingerprint density at radius 3 is 2.43 bits per heavy atom. The van der Waals surface area contributed by atoms with Crippen LogP contribution in [0.15, 0.2) is 51.8 Å². The topological polar surface area (TPSA) is 70.6 Å². The van der Waals surface area contributed by atoms with Crippen molar-refractivity contribution in [1.29, 1.82) is 0 Å². The third-order valence-electron chi connectivity index (χ3n) is 4.13. The zero-order valence-electron chi connectivity index (χ0n) is 16.2. The number of carbonyl (C=O) groups excluding carboxylic acids is 1. The van der Waals surface area contributed by atoms with E-state index in [4.69, 9.17) is 11.6 Å². The van der Waals surface area contributed by atoms with E-state index in [0.717, 1.165) is 14.7 Å². The molecule has 30 heavy (non-hydrogen) atoms. The van der Waals surface area contributed by atoms with Crippen LogP contribution < -0.4 is 4.90 Å². The molecule has 0 unspecified atom stereocenters. The molecule has 0 radical (unpaired) electrons. The van der Waals surface area contributed by atoms with Crippen LogP contribution in [0, 0.1) is 0 Å². The summed E-state index contributed by atoms with van der Waals surface area (Å²) in [6, 6.07) is 11.5. The third kappa shape index (κ3) is 6.15. The minimum atomic E-state index is -3.80. The van der Waals surface area contributed by atoms with Crippen LogP contribution >= 0.6 is 51.3 Å². The van der Waals surface area contributed by atoms with Gasteiger partial charge in [-0.2, -0.15) is 0 Å². The predicted octanol–water partition coefficient (Wildman–Crippen LogP) is 4.50. The number of carbonyl (C=O) groups is 1. The molecule has 3 rings (SSSR count). The highest BCUT2D eigenvalue weighted by atomic mass is 79.9. The number of likely N-dealkylation sites (N-methyl/N-ethyl adjacent to an activating group) is 1. The summed E-state index contributed by atoms with van der Waals surface area (Å²) in [5, 5.41) is 0.916. The lowest BCUT2D eigenvalue weighted by Gasteiger charge is -2.22. The minimum Gasteiger partial charge on any atom is -0.308 e. The molecule has 0 fully saturated rings. The Labute approximate surface area is 199 Å². The molecule has 1 amide bonds. The van der Waals surface area contributed by atoms with Crippen LogP contribution in [0.4, 0.5) is 5.13 Å². The molecule has 0 aliphatic rings. The Bertz CT molecular complexity index is 1140. The van der Waals surface area contributed by atoms with Crippen molar-refractivity contribution in [3.63, 3.8) is 0 Å². The van der Waals surface area contributed by atoms with E-state index in [0.29, 0.717) is 23.2 Å². The highest BCUT2D eigenvalue weighted by Gasteiger charge is 2.26. The van der Waals surface area contributed by atoms with Gasteiger partial charge >= 0.3 is 0 Å². The fourth-order valence-electron chi connectivity index (χ4n) is 2.59. The number of fused-ring (bicyclic) bond motifs is 1. The van der Waals surface area contributed by atoms with Gasteiger partial charge < -0.3 is 4.90 Å². The molecule has 0 saturated heterocycles. The van der Waals surface area contributed by atoms with Crippen LogP contribution in [0.1, 0.15) is 0 Å². The second-order valence-electron chi connectivity index (χ2n) is 6.67. The number of anilines is 1. The zero-order valence-corrected chi connectivity index (χ0v) is 21.0. The van der Waals surface area contributed by atoms with E-state index < -0.39 is 21.5 Å². The predicted molar refractivity (Wildman–Crippen MR) is 129 cm³/mol. The summed E-state index contributed by atoms with van der Waals surface area (Å²) in [6.07, 6.45) is 0. The number of hydrogen-bond donors (Lipinski definition) is 0. The summed E-state index contributed by atoms with van der Waals surface area (Å²) in [5.74, 6) is -1.15. The van der Waals surface area contributed by atoms with Gasteiger partial charge in [-0.05, 0) is 56.6 Å². The maximum atomic E-state index is 13.0. The maximum absolute atomic E-state index is 13.0. The second kappa shape index (κ2) is 10.4. The first-order valence-electron chi connectivity index (χ1n) is 8.65. The second-order valence-corrected chi connectivity index (χ2v) is 11.0. The summed E-state index contributed by atoms with van der Waals surface area (Å²) in [7, 11) is -0.0159. The lowest BCUT2D eigenvalue weighted by atomic mass is 10.3. The smallest absolute Gasteiger partial charge is 0.244 e. The largest absolute Gasteiger partial charge is 0.308 e. The van der Waals surface area contributed by atoms with E-state index in [1.807, 2.05) is 37.2 Å². The van der Waals surface area contributed by atoms with Crippen LogP contribution in [-0.4, -0.2) is 57.1 Å². The molecule has 3 aromatic rings. The molecule has 162 valence electrons. The van der Waals surface area contributed by atoms with Crippen molar-refractivity contribution in [2.45, 2.75) is 4.90 Å². The monoisotopic (exact) mass is 551 g/mol. The summed E-state index contributed by atoms with van der Waals surface area (Å²) in [6.45, 7) is 0.912. The molecule has 2 aromatic carbocycles. The molecule has 0 N–H and O–H groups in total. The van der Waals surface area contributed by atoms with E-state index in [-0.39, 0.29) is 17.3 Å². The number of thiazole rings is 1. The first-order valence-corrected chi connectivity index (χ1v) is 12.3. The van der Waals surface area contributed by atoms with Gasteiger partial charge in [-0.15, -0.1) is 12.4 Å². The summed E-state index contributed by atoms with van der Waals surface area (Å²) in [5.41, 5.74) is 0.761. The number of nitrogens with zero attached hydrogens (tertiary/aromatic N) is 3. The minimum absolute atomic E-state index is 0. The molecule has 1 aromatic heterocycles. The van der Waals surface area contributed by atoms with Gasteiger partial charge in [0.2, 0.25) is 5.91 Å². The van der Waals surface area contributed by atoms with Gasteiger partial charge in [-0.3, -0.25) is 9.69 Å². The van der Waals surface area contributed by atoms with Crippen LogP contribution in [0.2, 0.25) is 5.02 Å². The van der Waals surface area contributed by atoms with Crippen LogP contribution in [0.25, 0.3) is 10.2 Å². The van der Waals surface area contributed by atoms with Crippen LogP contribution in [0.3, 0.4) is 0 Å². The first kappa shape index (κ1) is 25.0. The standard InChI is InChI=1S/C19H19BrClN3O3S2.ClH/c1-23(2)9-10-24(19-22-16-8-3-13(20)11-17(16)28-19)18(25)12-29(26,27)15-6-4-14(21)5-7-15;/h3-8,11H,9-10,12H2,1-2H3;1H. The van der Waals surface area contributed by atoms with Gasteiger partial charge in [0.05, 0.1) is 15.1 Å². The van der Waals surface area contributed by atoms with Crippen molar-refractivity contribution < 1.29 is 13.2 Å². The third-order valence-corrected chi connectivity index (χ3v) is 7.53. The molecule has 0 aliphatic heterocycles. The summed E-state index contributed by atoms with van der Waals surface area (Å²) >= 11 is 10.6. The Kier molecular flexibility index (Phi) is 8.67. The SMILES string of the molecule is CN(C)CCN(C(=O)CS(=O)(=O)c1ccc(Cl)cc1)c1nc2ccc(Br)cc2s1.Cl. The van der Waals surface area contributed by atoms with Crippen molar-refractivity contribution in [2.24, 2.45) is 0 Å². The lowest BCUT2D eigenvalue weighted by molar-refractivity contribution is -0.116. The van der Waals surface area contributed by atoms with Crippen molar-refractivity contribution in [3.05, 3.63) is 52.0 Å². The van der Waals surface area contributed by atoms with E-state index in [1.54, 1.807) is 0 Å². The Morgan fingerprint density at radius 2 is 1.80 bits per heavy atom. The normalized spacial score (nSPS) is 11.5. The number of halogens is 3. The first-order chi connectivity index (χ1) is 13.7. The van der Waals surface area contributed by atoms with Gasteiger partial charge in [0.1, 0.15) is 5.75 Å². The van der Waals surface area contributed by atoms with Crippen molar-refractivity contribution in [1.82, 2.24) is 9.88 Å². The van der Waals surface area contributed by atoms with Gasteiger partial charge in [-0.1, -0.05) is 38.9 Å². The van der Waals surface area contributed by atoms with Crippen molar-refractivity contribution in [3.8, 4) is 0 Å². The number of hydrogen-bond acceptors (Lipinski definition) is 6. The fraction of sp³-hybridized carbons (Fsp3) is 0.263. The molecular formula is C19H20BrCl2N3O3S2. The molecule has 0 atom stereocenters. The molecule has 6 nitrogen and oxygen atoms in total. The number of rotatable bonds is 7. The maximum Gasteiger partial charge on any atom is 0.244 e. The molecule has 0 aliphatic carbocycles. The van der Waals surface area contributed by atoms with Gasteiger partial charge in [-0.25, -0.2) is 13.4 Å². The van der Waals surface area contributed by atoms with E-state index in [1.165, 1.54) is 40.5 Å². The number of amides is 1. The Balaban J connectivity index is 0.00000320. The lowest BCUT2D eigenvalue weighted by Crippen LogP contribution is -2.40. The van der Waals surface area contributed by atoms with Crippen molar-refractivity contribution in [2.75, 3.05) is 37.8 Å². The fourth-order valence-corrected chi connectivity index (χ4v) is 5.48. The molecule has 0 bridgehead atoms. The highest BCUT2D eigenvalue weighted by Crippen LogP contribution is 2.31. The van der Waals surface area contributed by atoms with Crippen LogP contribution in [-0.2, 0) is 14.6 Å². The average molecular weight is 553 g/mol. The molecule has 1 heterocycles. The highest BCUT2D eigenvalue weighted by molar-refractivity contribution is 9.10. The molecular weight excluding hydrogens is 533 g/mol. The van der Waals surface area contributed by atoms with E-state index >= 15 is 0 Å². The van der Waals surface area contributed by atoms with Gasteiger partial charge in [0.15, 0.2) is 15.0 Å². The molecule has 0 spiro atoms. The van der Waals surface area contributed by atoms with Crippen molar-refractivity contribution >= 4 is 82.4 Å².